The van der Waals surface area contributed by atoms with E-state index in [-0.39, 0.29) is 35.5 Å². The number of hydrogen-bond acceptors (Lipinski definition) is 5. The molecule has 8 heteroatoms. The fourth-order valence-corrected chi connectivity index (χ4v) is 4.49. The Morgan fingerprint density at radius 2 is 1.97 bits per heavy atom. The van der Waals surface area contributed by atoms with Crippen LogP contribution in [0, 0.1) is 25.6 Å². The van der Waals surface area contributed by atoms with Gasteiger partial charge in [0.15, 0.2) is 0 Å². The van der Waals surface area contributed by atoms with E-state index in [1.165, 1.54) is 12.1 Å². The van der Waals surface area contributed by atoms with Crippen molar-refractivity contribution in [1.82, 2.24) is 15.2 Å². The Labute approximate surface area is 180 Å². The molecule has 1 aromatic carbocycles. The number of aryl methyl sites for hydroxylation is 2. The van der Waals surface area contributed by atoms with Crippen molar-refractivity contribution in [2.24, 2.45) is 5.92 Å². The Morgan fingerprint density at radius 1 is 1.23 bits per heavy atom. The molecule has 0 saturated carbocycles. The average Bonchev–Trinajstić information content (AvgIpc) is 3.13. The summed E-state index contributed by atoms with van der Waals surface area (Å²) < 4.78 is 14.8. The first-order valence-corrected chi connectivity index (χ1v) is 10.5. The maximum Gasteiger partial charge on any atom is 0.254 e. The lowest BCUT2D eigenvalue weighted by molar-refractivity contribution is -0.120. The van der Waals surface area contributed by atoms with Gasteiger partial charge in [-0.2, -0.15) is 0 Å². The molecular weight excluding hydrogens is 399 g/mol. The van der Waals surface area contributed by atoms with Gasteiger partial charge in [0.05, 0.1) is 5.92 Å². The van der Waals surface area contributed by atoms with Crippen LogP contribution >= 0.6 is 0 Å². The van der Waals surface area contributed by atoms with Crippen LogP contribution in [0.3, 0.4) is 0 Å². The van der Waals surface area contributed by atoms with E-state index in [0.29, 0.717) is 32.7 Å². The van der Waals surface area contributed by atoms with Gasteiger partial charge in [-0.15, -0.1) is 0 Å². The number of pyridine rings is 1. The first kappa shape index (κ1) is 21.2. The molecule has 2 aliphatic rings. The molecule has 3 heterocycles. The van der Waals surface area contributed by atoms with Gasteiger partial charge in [0.2, 0.25) is 5.91 Å². The van der Waals surface area contributed by atoms with Crippen LogP contribution in [0.2, 0.25) is 0 Å². The summed E-state index contributed by atoms with van der Waals surface area (Å²) in [4.78, 5) is 33.4. The number of aliphatic hydroxyl groups is 1. The normalized spacial score (nSPS) is 21.4. The summed E-state index contributed by atoms with van der Waals surface area (Å²) in [6.07, 6.45) is 1.84. The van der Waals surface area contributed by atoms with Crippen LogP contribution in [0.5, 0.6) is 0 Å². The fourth-order valence-electron chi connectivity index (χ4n) is 4.49. The highest BCUT2D eigenvalue weighted by Gasteiger charge is 2.37. The minimum absolute atomic E-state index is 0.205. The predicted molar refractivity (Wildman–Crippen MR) is 115 cm³/mol. The molecule has 2 fully saturated rings. The van der Waals surface area contributed by atoms with Crippen LogP contribution < -0.4 is 10.2 Å². The molecule has 2 atom stereocenters. The Balaban J connectivity index is 1.44. The molecule has 7 nitrogen and oxygen atoms in total. The van der Waals surface area contributed by atoms with E-state index in [0.717, 1.165) is 16.9 Å². The number of carbonyl (C=O) groups is 2. The smallest absolute Gasteiger partial charge is 0.254 e. The summed E-state index contributed by atoms with van der Waals surface area (Å²) >= 11 is 0. The summed E-state index contributed by atoms with van der Waals surface area (Å²) in [7, 11) is 0. The van der Waals surface area contributed by atoms with Crippen molar-refractivity contribution < 1.29 is 19.1 Å². The monoisotopic (exact) mass is 426 g/mol. The lowest BCUT2D eigenvalue weighted by Crippen LogP contribution is -2.49. The van der Waals surface area contributed by atoms with E-state index in [4.69, 9.17) is 0 Å². The topological polar surface area (TPSA) is 85.8 Å². The van der Waals surface area contributed by atoms with Crippen LogP contribution in [-0.2, 0) is 4.79 Å². The average molecular weight is 426 g/mol. The van der Waals surface area contributed by atoms with E-state index in [9.17, 15) is 19.1 Å². The molecule has 0 spiro atoms. The number of carbonyl (C=O) groups excluding carboxylic acids is 2. The van der Waals surface area contributed by atoms with Gasteiger partial charge in [-0.1, -0.05) is 12.1 Å². The minimum Gasteiger partial charge on any atom is -0.396 e. The number of amides is 2. The van der Waals surface area contributed by atoms with E-state index >= 15 is 0 Å². The number of rotatable bonds is 4. The molecule has 2 aliphatic heterocycles. The molecule has 164 valence electrons. The standard InChI is InChI=1S/C23H27FN4O3/c1-14-9-15(2)21(25-11-14)27-5-7-28(8-6-27)23(31)16-3-4-18(19(24)10-16)20-17(13-29)12-26-22(20)30/h3-4,9-11,17,20,29H,5-8,12-13H2,1-2H3,(H,26,30)/t17?,20-/m1/s1. The number of aromatic nitrogens is 1. The highest BCUT2D eigenvalue weighted by molar-refractivity contribution is 5.95. The molecule has 0 bridgehead atoms. The third-order valence-electron chi connectivity index (χ3n) is 6.16. The molecule has 2 amide bonds. The third kappa shape index (κ3) is 4.12. The molecule has 2 saturated heterocycles. The quantitative estimate of drug-likeness (QED) is 0.776. The third-order valence-corrected chi connectivity index (χ3v) is 6.16. The summed E-state index contributed by atoms with van der Waals surface area (Å²) in [6, 6.07) is 6.36. The molecule has 0 radical (unpaired) electrons. The van der Waals surface area contributed by atoms with E-state index in [1.807, 2.05) is 20.0 Å². The minimum atomic E-state index is -0.733. The van der Waals surface area contributed by atoms with E-state index < -0.39 is 11.7 Å². The molecule has 4 rings (SSSR count). The van der Waals surface area contributed by atoms with Gasteiger partial charge >= 0.3 is 0 Å². The second-order valence-corrected chi connectivity index (χ2v) is 8.33. The fraction of sp³-hybridized carbons (Fsp3) is 0.435. The molecule has 0 aliphatic carbocycles. The summed E-state index contributed by atoms with van der Waals surface area (Å²) in [5, 5.41) is 12.1. The van der Waals surface area contributed by atoms with Gasteiger partial charge in [0.25, 0.3) is 5.91 Å². The van der Waals surface area contributed by atoms with Crippen molar-refractivity contribution in [2.45, 2.75) is 19.8 Å². The lowest BCUT2D eigenvalue weighted by atomic mass is 9.88. The van der Waals surface area contributed by atoms with Crippen molar-refractivity contribution in [3.8, 4) is 0 Å². The highest BCUT2D eigenvalue weighted by atomic mass is 19.1. The first-order chi connectivity index (χ1) is 14.9. The Kier molecular flexibility index (Phi) is 5.91. The molecular formula is C23H27FN4O3. The SMILES string of the molecule is Cc1cnc(N2CCN(C(=O)c3ccc([C@@H]4C(=O)NCC4CO)c(F)c3)CC2)c(C)c1. The Morgan fingerprint density at radius 3 is 2.61 bits per heavy atom. The predicted octanol–water partition coefficient (Wildman–Crippen LogP) is 1.62. The number of halogens is 1. The van der Waals surface area contributed by atoms with Gasteiger partial charge in [-0.25, -0.2) is 9.37 Å². The Bertz CT molecular complexity index is 1000. The van der Waals surface area contributed by atoms with Crippen LogP contribution in [-0.4, -0.2) is 66.1 Å². The second kappa shape index (κ2) is 8.63. The zero-order valence-electron chi connectivity index (χ0n) is 17.8. The van der Waals surface area contributed by atoms with Crippen molar-refractivity contribution in [3.05, 3.63) is 58.5 Å². The van der Waals surface area contributed by atoms with Crippen LogP contribution in [0.1, 0.15) is 33.0 Å². The van der Waals surface area contributed by atoms with Gasteiger partial charge < -0.3 is 20.2 Å². The maximum absolute atomic E-state index is 14.8. The number of anilines is 1. The van der Waals surface area contributed by atoms with Crippen LogP contribution in [0.15, 0.2) is 30.5 Å². The number of benzene rings is 1. The molecule has 2 aromatic rings. The zero-order valence-corrected chi connectivity index (χ0v) is 17.8. The van der Waals surface area contributed by atoms with E-state index in [2.05, 4.69) is 21.3 Å². The molecule has 2 N–H and O–H groups in total. The number of nitrogens with one attached hydrogen (secondary N) is 1. The van der Waals surface area contributed by atoms with Crippen molar-refractivity contribution in [2.75, 3.05) is 44.2 Å². The second-order valence-electron chi connectivity index (χ2n) is 8.33. The largest absolute Gasteiger partial charge is 0.396 e. The lowest BCUT2D eigenvalue weighted by Gasteiger charge is -2.36. The Hall–Kier alpha value is -3.00. The van der Waals surface area contributed by atoms with Gasteiger partial charge in [0.1, 0.15) is 11.6 Å². The summed E-state index contributed by atoms with van der Waals surface area (Å²) in [5.74, 6) is -1.29. The van der Waals surface area contributed by atoms with E-state index in [1.54, 1.807) is 11.0 Å². The summed E-state index contributed by atoms with van der Waals surface area (Å²) in [5.41, 5.74) is 2.70. The van der Waals surface area contributed by atoms with Gasteiger partial charge in [-0.3, -0.25) is 9.59 Å². The van der Waals surface area contributed by atoms with Crippen LogP contribution in [0.25, 0.3) is 0 Å². The molecule has 31 heavy (non-hydrogen) atoms. The van der Waals surface area contributed by atoms with Crippen molar-refractivity contribution in [1.29, 1.82) is 0 Å². The molecule has 1 aromatic heterocycles. The van der Waals surface area contributed by atoms with Crippen molar-refractivity contribution >= 4 is 17.6 Å². The number of hydrogen-bond donors (Lipinski definition) is 2. The zero-order chi connectivity index (χ0) is 22.1. The molecule has 1 unspecified atom stereocenters. The van der Waals surface area contributed by atoms with Crippen LogP contribution in [0.4, 0.5) is 10.2 Å². The van der Waals surface area contributed by atoms with Gasteiger partial charge in [0, 0.05) is 62.6 Å². The van der Waals surface area contributed by atoms with Crippen molar-refractivity contribution in [3.63, 3.8) is 0 Å². The maximum atomic E-state index is 14.8. The highest BCUT2D eigenvalue weighted by Crippen LogP contribution is 2.31. The first-order valence-electron chi connectivity index (χ1n) is 10.5. The summed E-state index contributed by atoms with van der Waals surface area (Å²) in [6.45, 7) is 6.51. The number of nitrogens with zero attached hydrogens (tertiary/aromatic N) is 3. The number of piperazine rings is 1. The number of aliphatic hydroxyl groups excluding tert-OH is 1. The van der Waals surface area contributed by atoms with Gasteiger partial charge in [-0.05, 0) is 37.1 Å².